The Morgan fingerprint density at radius 2 is 1.93 bits per heavy atom. The van der Waals surface area contributed by atoms with Crippen LogP contribution in [0.4, 0.5) is 5.69 Å². The second-order valence-electron chi connectivity index (χ2n) is 8.52. The number of hydrogen-bond acceptors (Lipinski definition) is 3. The second-order valence-corrected chi connectivity index (χ2v) is 8.52. The van der Waals surface area contributed by atoms with Crippen molar-refractivity contribution in [2.24, 2.45) is 10.4 Å². The lowest BCUT2D eigenvalue weighted by Gasteiger charge is -2.31. The van der Waals surface area contributed by atoms with Crippen LogP contribution in [0.5, 0.6) is 0 Å². The van der Waals surface area contributed by atoms with Crippen LogP contribution >= 0.6 is 0 Å². The summed E-state index contributed by atoms with van der Waals surface area (Å²) in [6.07, 6.45) is 5.25. The lowest BCUT2D eigenvalue weighted by molar-refractivity contribution is -0.138. The van der Waals surface area contributed by atoms with Gasteiger partial charge in [0.25, 0.3) is 0 Å². The topological polar surface area (TPSA) is 60.0 Å². The minimum atomic E-state index is -0.287. The van der Waals surface area contributed by atoms with Crippen molar-refractivity contribution in [1.29, 1.82) is 0 Å². The fourth-order valence-corrected chi connectivity index (χ4v) is 4.50. The Bertz CT molecular complexity index is 691. The summed E-state index contributed by atoms with van der Waals surface area (Å²) in [5, 5.41) is 7.01. The summed E-state index contributed by atoms with van der Waals surface area (Å²) in [5.74, 6) is 1.04. The molecule has 6 nitrogen and oxygen atoms in total. The fourth-order valence-electron chi connectivity index (χ4n) is 4.50. The molecule has 6 heteroatoms. The van der Waals surface area contributed by atoms with Gasteiger partial charge in [-0.15, -0.1) is 0 Å². The maximum absolute atomic E-state index is 12.8. The van der Waals surface area contributed by atoms with E-state index < -0.39 is 0 Å². The van der Waals surface area contributed by atoms with Gasteiger partial charge < -0.3 is 20.4 Å². The molecule has 1 heterocycles. The van der Waals surface area contributed by atoms with Gasteiger partial charge in [0, 0.05) is 52.5 Å². The van der Waals surface area contributed by atoms with Crippen molar-refractivity contribution in [2.45, 2.75) is 45.1 Å². The minimum absolute atomic E-state index is 0.236. The van der Waals surface area contributed by atoms with E-state index in [1.54, 1.807) is 11.9 Å². The normalized spacial score (nSPS) is 21.6. The molecule has 2 N–H and O–H groups in total. The van der Waals surface area contributed by atoms with Gasteiger partial charge in [-0.1, -0.05) is 30.5 Å². The fraction of sp³-hybridized carbons (Fsp3) is 0.636. The zero-order valence-electron chi connectivity index (χ0n) is 17.8. The highest BCUT2D eigenvalue weighted by molar-refractivity contribution is 5.85. The molecule has 1 aromatic rings. The number of hydrogen-bond donors (Lipinski definition) is 2. The van der Waals surface area contributed by atoms with Crippen molar-refractivity contribution in [2.75, 3.05) is 45.7 Å². The summed E-state index contributed by atoms with van der Waals surface area (Å²) in [6, 6.07) is 9.08. The number of amides is 1. The number of nitrogens with zero attached hydrogens (tertiary/aromatic N) is 3. The molecule has 0 radical (unpaired) electrons. The Balaban J connectivity index is 1.55. The quantitative estimate of drug-likeness (QED) is 0.604. The van der Waals surface area contributed by atoms with E-state index in [1.807, 2.05) is 14.1 Å². The Morgan fingerprint density at radius 1 is 1.25 bits per heavy atom. The summed E-state index contributed by atoms with van der Waals surface area (Å²) < 4.78 is 0. The van der Waals surface area contributed by atoms with Gasteiger partial charge in [-0.2, -0.15) is 0 Å². The lowest BCUT2D eigenvalue weighted by atomic mass is 9.84. The van der Waals surface area contributed by atoms with Gasteiger partial charge in [0.15, 0.2) is 5.96 Å². The molecule has 1 aromatic carbocycles. The van der Waals surface area contributed by atoms with Gasteiger partial charge in [0.2, 0.25) is 5.91 Å². The van der Waals surface area contributed by atoms with Crippen LogP contribution in [0.2, 0.25) is 0 Å². The molecule has 1 amide bonds. The number of rotatable bonds is 5. The number of nitrogens with one attached hydrogen (secondary N) is 2. The summed E-state index contributed by atoms with van der Waals surface area (Å²) in [7, 11) is 5.51. The van der Waals surface area contributed by atoms with E-state index in [0.717, 1.165) is 51.2 Å². The summed E-state index contributed by atoms with van der Waals surface area (Å²) in [6.45, 7) is 4.77. The van der Waals surface area contributed by atoms with Crippen LogP contribution in [0, 0.1) is 12.3 Å². The van der Waals surface area contributed by atoms with Gasteiger partial charge in [-0.05, 0) is 38.3 Å². The third-order valence-corrected chi connectivity index (χ3v) is 6.17. The van der Waals surface area contributed by atoms with Crippen LogP contribution < -0.4 is 15.5 Å². The zero-order valence-corrected chi connectivity index (χ0v) is 17.8. The molecule has 2 fully saturated rings. The number of benzene rings is 1. The molecule has 1 saturated carbocycles. The molecular weight excluding hydrogens is 350 g/mol. The van der Waals surface area contributed by atoms with Gasteiger partial charge >= 0.3 is 0 Å². The largest absolute Gasteiger partial charge is 0.369 e. The number of carbonyl (C=O) groups is 1. The maximum Gasteiger partial charge on any atom is 0.230 e. The van der Waals surface area contributed by atoms with E-state index in [9.17, 15) is 4.79 Å². The molecule has 1 aliphatic heterocycles. The van der Waals surface area contributed by atoms with E-state index in [-0.39, 0.29) is 11.3 Å². The number of guanidine groups is 1. The van der Waals surface area contributed by atoms with Crippen LogP contribution in [0.1, 0.15) is 37.7 Å². The van der Waals surface area contributed by atoms with Crippen molar-refractivity contribution in [3.63, 3.8) is 0 Å². The molecule has 1 aliphatic carbocycles. The van der Waals surface area contributed by atoms with E-state index in [2.05, 4.69) is 51.7 Å². The monoisotopic (exact) mass is 385 g/mol. The first-order valence-corrected chi connectivity index (χ1v) is 10.4. The molecule has 0 aromatic heterocycles. The summed E-state index contributed by atoms with van der Waals surface area (Å²) in [5.41, 5.74) is 2.28. The van der Waals surface area contributed by atoms with E-state index >= 15 is 0 Å². The molecule has 28 heavy (non-hydrogen) atoms. The molecule has 3 rings (SSSR count). The maximum atomic E-state index is 12.8. The molecule has 1 unspecified atom stereocenters. The Hall–Kier alpha value is -2.24. The predicted molar refractivity (Wildman–Crippen MR) is 116 cm³/mol. The average molecular weight is 386 g/mol. The smallest absolute Gasteiger partial charge is 0.230 e. The Labute approximate surface area is 169 Å². The zero-order chi connectivity index (χ0) is 20.1. The van der Waals surface area contributed by atoms with E-state index in [1.165, 1.54) is 11.3 Å². The van der Waals surface area contributed by atoms with Crippen molar-refractivity contribution >= 4 is 17.6 Å². The second kappa shape index (κ2) is 8.84. The van der Waals surface area contributed by atoms with Gasteiger partial charge in [0.1, 0.15) is 0 Å². The Morgan fingerprint density at radius 3 is 2.54 bits per heavy atom. The van der Waals surface area contributed by atoms with Crippen LogP contribution in [0.15, 0.2) is 29.3 Å². The van der Waals surface area contributed by atoms with Gasteiger partial charge in [-0.25, -0.2) is 0 Å². The third-order valence-electron chi connectivity index (χ3n) is 6.17. The SMILES string of the molecule is CN=C(NCC1(C(=O)N(C)C)CCCC1)NC1CCN(c2ccc(C)cc2)C1. The third kappa shape index (κ3) is 4.59. The van der Waals surface area contributed by atoms with Crippen LogP contribution in [-0.2, 0) is 4.79 Å². The standard InChI is InChI=1S/C22H35N5O/c1-17-7-9-19(10-8-17)27-14-11-18(15-27)25-21(23-2)24-16-22(12-5-6-13-22)20(28)26(3)4/h7-10,18H,5-6,11-16H2,1-4H3,(H2,23,24,25). The number of anilines is 1. The van der Waals surface area contributed by atoms with Crippen molar-refractivity contribution in [1.82, 2.24) is 15.5 Å². The van der Waals surface area contributed by atoms with Crippen LogP contribution in [0.3, 0.4) is 0 Å². The molecule has 2 aliphatic rings. The van der Waals surface area contributed by atoms with Crippen molar-refractivity contribution in [3.8, 4) is 0 Å². The lowest BCUT2D eigenvalue weighted by Crippen LogP contribution is -2.51. The highest BCUT2D eigenvalue weighted by Gasteiger charge is 2.42. The van der Waals surface area contributed by atoms with E-state index in [0.29, 0.717) is 12.6 Å². The Kier molecular flexibility index (Phi) is 6.47. The molecule has 1 atom stereocenters. The van der Waals surface area contributed by atoms with Gasteiger partial charge in [-0.3, -0.25) is 9.79 Å². The van der Waals surface area contributed by atoms with Gasteiger partial charge in [0.05, 0.1) is 5.41 Å². The van der Waals surface area contributed by atoms with Crippen molar-refractivity contribution < 1.29 is 4.79 Å². The number of aryl methyl sites for hydroxylation is 1. The first-order chi connectivity index (χ1) is 13.4. The molecule has 154 valence electrons. The summed E-state index contributed by atoms with van der Waals surface area (Å²) >= 11 is 0. The highest BCUT2D eigenvalue weighted by Crippen LogP contribution is 2.38. The summed E-state index contributed by atoms with van der Waals surface area (Å²) in [4.78, 5) is 21.3. The van der Waals surface area contributed by atoms with E-state index in [4.69, 9.17) is 0 Å². The predicted octanol–water partition coefficient (Wildman–Crippen LogP) is 2.39. The molecule has 0 spiro atoms. The average Bonchev–Trinajstić information content (AvgIpc) is 3.35. The molecular formula is C22H35N5O. The number of aliphatic imine (C=N–C) groups is 1. The minimum Gasteiger partial charge on any atom is -0.369 e. The van der Waals surface area contributed by atoms with Crippen LogP contribution in [-0.4, -0.2) is 63.6 Å². The van der Waals surface area contributed by atoms with Crippen LogP contribution in [0.25, 0.3) is 0 Å². The number of carbonyl (C=O) groups excluding carboxylic acids is 1. The first kappa shape index (κ1) is 20.5. The highest BCUT2D eigenvalue weighted by atomic mass is 16.2. The molecule has 1 saturated heterocycles. The van der Waals surface area contributed by atoms with Crippen molar-refractivity contribution in [3.05, 3.63) is 29.8 Å². The first-order valence-electron chi connectivity index (χ1n) is 10.4. The molecule has 0 bridgehead atoms.